The number of allylic oxidation sites excluding steroid dienone is 5. The molecule has 1 aliphatic rings. The number of hydrogen-bond donors (Lipinski definition) is 0. The van der Waals surface area contributed by atoms with Crippen molar-refractivity contribution in [1.29, 1.82) is 10.5 Å². The van der Waals surface area contributed by atoms with Gasteiger partial charge in [0.25, 0.3) is 0 Å². The highest BCUT2D eigenvalue weighted by molar-refractivity contribution is 5.70. The van der Waals surface area contributed by atoms with Crippen LogP contribution in [0.3, 0.4) is 0 Å². The van der Waals surface area contributed by atoms with E-state index >= 15 is 0 Å². The molecule has 2 aromatic rings. The van der Waals surface area contributed by atoms with Crippen LogP contribution in [0.5, 0.6) is 0 Å². The Labute approximate surface area is 165 Å². The minimum absolute atomic E-state index is 0.0537. The Morgan fingerprint density at radius 3 is 2.18 bits per heavy atom. The maximum absolute atomic E-state index is 9.25. The molecule has 0 aromatic heterocycles. The van der Waals surface area contributed by atoms with Crippen LogP contribution in [0.1, 0.15) is 11.1 Å². The summed E-state index contributed by atoms with van der Waals surface area (Å²) in [6.07, 6.45) is 7.21. The third kappa shape index (κ3) is 4.38. The van der Waals surface area contributed by atoms with Crippen molar-refractivity contribution in [2.45, 2.75) is 0 Å². The lowest BCUT2D eigenvalue weighted by Gasteiger charge is -2.17. The monoisotopic (exact) mass is 365 g/mol. The van der Waals surface area contributed by atoms with Crippen molar-refractivity contribution in [2.75, 3.05) is 19.0 Å². The molecule has 4 nitrogen and oxygen atoms in total. The molecule has 0 fully saturated rings. The fourth-order valence-electron chi connectivity index (χ4n) is 2.71. The molecule has 3 rings (SSSR count). The van der Waals surface area contributed by atoms with Crippen LogP contribution in [0.15, 0.2) is 89.7 Å². The molecule has 1 heterocycles. The fourth-order valence-corrected chi connectivity index (χ4v) is 2.71. The zero-order valence-electron chi connectivity index (χ0n) is 15.8. The Kier molecular flexibility index (Phi) is 5.75. The normalized spacial score (nSPS) is 13.1. The minimum atomic E-state index is 0.0537. The molecule has 0 spiro atoms. The van der Waals surface area contributed by atoms with E-state index in [1.165, 1.54) is 0 Å². The van der Waals surface area contributed by atoms with Gasteiger partial charge in [-0.25, -0.2) is 0 Å². The molecule has 0 saturated heterocycles. The van der Waals surface area contributed by atoms with E-state index in [9.17, 15) is 10.5 Å². The predicted octanol–water partition coefficient (Wildman–Crippen LogP) is 5.06. The predicted molar refractivity (Wildman–Crippen MR) is 112 cm³/mol. The number of nitriles is 2. The summed E-state index contributed by atoms with van der Waals surface area (Å²) in [5.74, 6) is 1.17. The number of anilines is 1. The Hall–Kier alpha value is -4.02. The van der Waals surface area contributed by atoms with Crippen LogP contribution in [0.25, 0.3) is 11.8 Å². The van der Waals surface area contributed by atoms with Gasteiger partial charge in [-0.1, -0.05) is 48.5 Å². The van der Waals surface area contributed by atoms with Crippen molar-refractivity contribution in [1.82, 2.24) is 0 Å². The molecule has 28 heavy (non-hydrogen) atoms. The second kappa shape index (κ2) is 8.58. The Morgan fingerprint density at radius 2 is 1.57 bits per heavy atom. The van der Waals surface area contributed by atoms with Gasteiger partial charge in [-0.15, -0.1) is 0 Å². The first-order valence-electron chi connectivity index (χ1n) is 8.77. The molecule has 136 valence electrons. The zero-order chi connectivity index (χ0) is 19.9. The molecule has 0 saturated carbocycles. The van der Waals surface area contributed by atoms with E-state index in [-0.39, 0.29) is 5.57 Å². The second-order valence-corrected chi connectivity index (χ2v) is 6.40. The number of hydrogen-bond acceptors (Lipinski definition) is 4. The van der Waals surface area contributed by atoms with Crippen LogP contribution in [-0.4, -0.2) is 14.1 Å². The summed E-state index contributed by atoms with van der Waals surface area (Å²) < 4.78 is 6.00. The summed E-state index contributed by atoms with van der Waals surface area (Å²) in [5.41, 5.74) is 3.62. The lowest BCUT2D eigenvalue weighted by Crippen LogP contribution is -2.07. The van der Waals surface area contributed by atoms with Gasteiger partial charge < -0.3 is 9.64 Å². The van der Waals surface area contributed by atoms with Gasteiger partial charge in [-0.3, -0.25) is 0 Å². The lowest BCUT2D eigenvalue weighted by molar-refractivity contribution is 0.396. The quantitative estimate of drug-likeness (QED) is 0.710. The molecule has 2 aromatic carbocycles. The first kappa shape index (κ1) is 18.8. The first-order chi connectivity index (χ1) is 13.6. The average Bonchev–Trinajstić information content (AvgIpc) is 2.74. The molecule has 0 radical (unpaired) electrons. The van der Waals surface area contributed by atoms with E-state index in [2.05, 4.69) is 0 Å². The van der Waals surface area contributed by atoms with Crippen LogP contribution in [0.4, 0.5) is 5.69 Å². The standard InChI is InChI=1S/C24H19N3O/c1-27(2)22-11-8-18(9-12-22)10-13-23-14-20(21(16-25)17-26)15-24(28-23)19-6-4-3-5-7-19/h3-15H,1-2H3/b13-10+. The molecule has 0 bridgehead atoms. The van der Waals surface area contributed by atoms with Crippen molar-refractivity contribution in [2.24, 2.45) is 0 Å². The summed E-state index contributed by atoms with van der Waals surface area (Å²) in [7, 11) is 4.00. The first-order valence-corrected chi connectivity index (χ1v) is 8.77. The summed E-state index contributed by atoms with van der Waals surface area (Å²) in [6.45, 7) is 0. The topological polar surface area (TPSA) is 60.0 Å². The Balaban J connectivity index is 1.93. The van der Waals surface area contributed by atoms with Crippen LogP contribution in [0, 0.1) is 22.7 Å². The number of ether oxygens (including phenoxy) is 1. The maximum Gasteiger partial charge on any atom is 0.137 e. The van der Waals surface area contributed by atoms with Crippen molar-refractivity contribution in [3.05, 3.63) is 101 Å². The molecular weight excluding hydrogens is 346 g/mol. The largest absolute Gasteiger partial charge is 0.457 e. The minimum Gasteiger partial charge on any atom is -0.457 e. The van der Waals surface area contributed by atoms with Crippen molar-refractivity contribution in [3.63, 3.8) is 0 Å². The van der Waals surface area contributed by atoms with Gasteiger partial charge in [0.05, 0.1) is 0 Å². The molecule has 4 heteroatoms. The number of rotatable bonds is 4. The van der Waals surface area contributed by atoms with Gasteiger partial charge in [0, 0.05) is 30.9 Å². The van der Waals surface area contributed by atoms with E-state index in [0.717, 1.165) is 16.8 Å². The van der Waals surface area contributed by atoms with Gasteiger partial charge in [0.15, 0.2) is 0 Å². The molecule has 0 amide bonds. The summed E-state index contributed by atoms with van der Waals surface area (Å²) in [4.78, 5) is 2.04. The van der Waals surface area contributed by atoms with E-state index in [1.807, 2.05) is 97.9 Å². The van der Waals surface area contributed by atoms with Crippen molar-refractivity contribution >= 4 is 17.5 Å². The highest BCUT2D eigenvalue weighted by Crippen LogP contribution is 2.29. The highest BCUT2D eigenvalue weighted by atomic mass is 16.5. The van der Waals surface area contributed by atoms with Crippen LogP contribution < -0.4 is 4.90 Å². The van der Waals surface area contributed by atoms with Crippen molar-refractivity contribution < 1.29 is 4.74 Å². The molecule has 0 unspecified atom stereocenters. The van der Waals surface area contributed by atoms with Crippen LogP contribution in [0.2, 0.25) is 0 Å². The molecule has 0 N–H and O–H groups in total. The smallest absolute Gasteiger partial charge is 0.137 e. The fraction of sp³-hybridized carbons (Fsp3) is 0.0833. The third-order valence-corrected chi connectivity index (χ3v) is 4.23. The van der Waals surface area contributed by atoms with Gasteiger partial charge >= 0.3 is 0 Å². The van der Waals surface area contributed by atoms with E-state index < -0.39 is 0 Å². The summed E-state index contributed by atoms with van der Waals surface area (Å²) in [6, 6.07) is 21.6. The molecule has 0 aliphatic carbocycles. The second-order valence-electron chi connectivity index (χ2n) is 6.40. The SMILES string of the molecule is CN(C)c1ccc(/C=C/C2=CC(=C(C#N)C#N)C=C(c3ccccc3)O2)cc1. The number of nitrogens with zero attached hydrogens (tertiary/aromatic N) is 3. The summed E-state index contributed by atoms with van der Waals surface area (Å²) in [5, 5.41) is 18.5. The molecular formula is C24H19N3O. The highest BCUT2D eigenvalue weighted by Gasteiger charge is 2.14. The third-order valence-electron chi connectivity index (χ3n) is 4.23. The van der Waals surface area contributed by atoms with E-state index in [4.69, 9.17) is 4.74 Å². The average molecular weight is 365 g/mol. The summed E-state index contributed by atoms with van der Waals surface area (Å²) >= 11 is 0. The van der Waals surface area contributed by atoms with E-state index in [1.54, 1.807) is 12.2 Å². The molecule has 0 atom stereocenters. The van der Waals surface area contributed by atoms with Gasteiger partial charge in [0.1, 0.15) is 29.2 Å². The van der Waals surface area contributed by atoms with Gasteiger partial charge in [-0.2, -0.15) is 10.5 Å². The Bertz CT molecular complexity index is 1040. The van der Waals surface area contributed by atoms with Crippen LogP contribution >= 0.6 is 0 Å². The van der Waals surface area contributed by atoms with Gasteiger partial charge in [-0.05, 0) is 35.9 Å². The van der Waals surface area contributed by atoms with Crippen LogP contribution in [-0.2, 0) is 4.74 Å². The lowest BCUT2D eigenvalue weighted by atomic mass is 10.0. The van der Waals surface area contributed by atoms with E-state index in [0.29, 0.717) is 17.1 Å². The van der Waals surface area contributed by atoms with Gasteiger partial charge in [0.2, 0.25) is 0 Å². The van der Waals surface area contributed by atoms with Crippen molar-refractivity contribution in [3.8, 4) is 12.1 Å². The Morgan fingerprint density at radius 1 is 0.893 bits per heavy atom. The zero-order valence-corrected chi connectivity index (χ0v) is 15.8. The maximum atomic E-state index is 9.25. The number of benzene rings is 2. The molecule has 1 aliphatic heterocycles.